The van der Waals surface area contributed by atoms with Crippen LogP contribution in [0.1, 0.15) is 25.0 Å². The zero-order valence-electron chi connectivity index (χ0n) is 13.3. The molecule has 0 saturated carbocycles. The number of aromatic nitrogens is 2. The summed E-state index contributed by atoms with van der Waals surface area (Å²) < 4.78 is 0. The lowest BCUT2D eigenvalue weighted by atomic mass is 10.1. The standard InChI is InChI=1S/C18H24N4/c1-15-17(16-8-4-2-5-9-16)14-18(21-20-15)19-10-13-22-11-6-3-7-12-22/h2,4-5,8-9,14H,3,6-7,10-13H2,1H3,(H,19,21). The summed E-state index contributed by atoms with van der Waals surface area (Å²) in [6.07, 6.45) is 4.05. The Morgan fingerprint density at radius 3 is 2.59 bits per heavy atom. The summed E-state index contributed by atoms with van der Waals surface area (Å²) in [4.78, 5) is 2.52. The molecule has 2 heterocycles. The fourth-order valence-electron chi connectivity index (χ4n) is 2.97. The third-order valence-corrected chi connectivity index (χ3v) is 4.25. The van der Waals surface area contributed by atoms with Gasteiger partial charge < -0.3 is 10.2 Å². The molecule has 0 bridgehead atoms. The van der Waals surface area contributed by atoms with Gasteiger partial charge in [0.1, 0.15) is 5.82 Å². The molecule has 0 spiro atoms. The maximum atomic E-state index is 4.29. The van der Waals surface area contributed by atoms with E-state index in [1.165, 1.54) is 37.9 Å². The Bertz CT molecular complexity index is 591. The van der Waals surface area contributed by atoms with Gasteiger partial charge in [-0.05, 0) is 44.5 Å². The number of rotatable bonds is 5. The van der Waals surface area contributed by atoms with Gasteiger partial charge in [-0.25, -0.2) is 0 Å². The Morgan fingerprint density at radius 1 is 1.05 bits per heavy atom. The van der Waals surface area contributed by atoms with E-state index in [0.717, 1.165) is 30.2 Å². The van der Waals surface area contributed by atoms with Crippen LogP contribution >= 0.6 is 0 Å². The topological polar surface area (TPSA) is 41.1 Å². The average molecular weight is 296 g/mol. The van der Waals surface area contributed by atoms with Crippen LogP contribution in [0.25, 0.3) is 11.1 Å². The molecule has 4 nitrogen and oxygen atoms in total. The maximum Gasteiger partial charge on any atom is 0.149 e. The van der Waals surface area contributed by atoms with Crippen LogP contribution < -0.4 is 5.32 Å². The minimum atomic E-state index is 0.862. The van der Waals surface area contributed by atoms with E-state index in [4.69, 9.17) is 0 Å². The van der Waals surface area contributed by atoms with Crippen molar-refractivity contribution in [3.05, 3.63) is 42.1 Å². The number of likely N-dealkylation sites (tertiary alicyclic amines) is 1. The van der Waals surface area contributed by atoms with E-state index in [2.05, 4.69) is 50.7 Å². The number of hydrogen-bond donors (Lipinski definition) is 1. The molecule has 22 heavy (non-hydrogen) atoms. The van der Waals surface area contributed by atoms with Crippen LogP contribution in [0.5, 0.6) is 0 Å². The summed E-state index contributed by atoms with van der Waals surface area (Å²) in [5.74, 6) is 0.862. The SMILES string of the molecule is Cc1nnc(NCCN2CCCCC2)cc1-c1ccccc1. The molecule has 1 N–H and O–H groups in total. The molecule has 116 valence electrons. The molecular formula is C18H24N4. The number of piperidine rings is 1. The van der Waals surface area contributed by atoms with Gasteiger partial charge in [-0.1, -0.05) is 36.8 Å². The largest absolute Gasteiger partial charge is 0.367 e. The molecular weight excluding hydrogens is 272 g/mol. The van der Waals surface area contributed by atoms with Gasteiger partial charge in [0, 0.05) is 18.7 Å². The normalized spacial score (nSPS) is 15.7. The third-order valence-electron chi connectivity index (χ3n) is 4.25. The molecule has 3 rings (SSSR count). The molecule has 1 aliphatic heterocycles. The van der Waals surface area contributed by atoms with Crippen molar-refractivity contribution >= 4 is 5.82 Å². The molecule has 0 aliphatic carbocycles. The first-order valence-corrected chi connectivity index (χ1v) is 8.19. The van der Waals surface area contributed by atoms with Crippen molar-refractivity contribution in [1.29, 1.82) is 0 Å². The number of nitrogens with one attached hydrogen (secondary N) is 1. The van der Waals surface area contributed by atoms with Gasteiger partial charge in [-0.3, -0.25) is 0 Å². The van der Waals surface area contributed by atoms with Gasteiger partial charge in [-0.2, -0.15) is 5.10 Å². The highest BCUT2D eigenvalue weighted by molar-refractivity contribution is 5.68. The predicted octanol–water partition coefficient (Wildman–Crippen LogP) is 3.35. The molecule has 1 saturated heterocycles. The van der Waals surface area contributed by atoms with E-state index in [9.17, 15) is 0 Å². The Morgan fingerprint density at radius 2 is 1.82 bits per heavy atom. The first-order chi connectivity index (χ1) is 10.8. The van der Waals surface area contributed by atoms with Gasteiger partial charge >= 0.3 is 0 Å². The first kappa shape index (κ1) is 15.0. The second kappa shape index (κ2) is 7.36. The van der Waals surface area contributed by atoms with Crippen molar-refractivity contribution in [2.75, 3.05) is 31.5 Å². The number of nitrogens with zero attached hydrogens (tertiary/aromatic N) is 3. The molecule has 1 aliphatic rings. The molecule has 0 unspecified atom stereocenters. The smallest absolute Gasteiger partial charge is 0.149 e. The van der Waals surface area contributed by atoms with Gasteiger partial charge in [-0.15, -0.1) is 5.10 Å². The van der Waals surface area contributed by atoms with E-state index in [1.807, 2.05) is 13.0 Å². The zero-order valence-corrected chi connectivity index (χ0v) is 13.3. The van der Waals surface area contributed by atoms with Crippen LogP contribution in [-0.2, 0) is 0 Å². The van der Waals surface area contributed by atoms with E-state index in [0.29, 0.717) is 0 Å². The Hall–Kier alpha value is -1.94. The van der Waals surface area contributed by atoms with Crippen molar-refractivity contribution in [3.63, 3.8) is 0 Å². The second-order valence-electron chi connectivity index (χ2n) is 5.92. The molecule has 1 aromatic carbocycles. The Labute approximate surface area is 132 Å². The van der Waals surface area contributed by atoms with Gasteiger partial charge in [0.2, 0.25) is 0 Å². The van der Waals surface area contributed by atoms with Crippen molar-refractivity contribution in [2.45, 2.75) is 26.2 Å². The first-order valence-electron chi connectivity index (χ1n) is 8.19. The van der Waals surface area contributed by atoms with Crippen molar-refractivity contribution < 1.29 is 0 Å². The molecule has 0 radical (unpaired) electrons. The van der Waals surface area contributed by atoms with E-state index in [-0.39, 0.29) is 0 Å². The maximum absolute atomic E-state index is 4.29. The Kier molecular flexibility index (Phi) is 5.01. The monoisotopic (exact) mass is 296 g/mol. The van der Waals surface area contributed by atoms with E-state index < -0.39 is 0 Å². The number of aryl methyl sites for hydroxylation is 1. The van der Waals surface area contributed by atoms with Gasteiger partial charge in [0.15, 0.2) is 0 Å². The lowest BCUT2D eigenvalue weighted by Crippen LogP contribution is -2.33. The zero-order chi connectivity index (χ0) is 15.2. The lowest BCUT2D eigenvalue weighted by Gasteiger charge is -2.26. The summed E-state index contributed by atoms with van der Waals surface area (Å²) in [5, 5.41) is 12.0. The van der Waals surface area contributed by atoms with Gasteiger partial charge in [0.25, 0.3) is 0 Å². The number of hydrogen-bond acceptors (Lipinski definition) is 4. The number of anilines is 1. The summed E-state index contributed by atoms with van der Waals surface area (Å²) in [6.45, 7) is 6.47. The highest BCUT2D eigenvalue weighted by Crippen LogP contribution is 2.23. The highest BCUT2D eigenvalue weighted by atomic mass is 15.2. The summed E-state index contributed by atoms with van der Waals surface area (Å²) in [6, 6.07) is 12.5. The summed E-state index contributed by atoms with van der Waals surface area (Å²) in [5.41, 5.74) is 3.30. The van der Waals surface area contributed by atoms with E-state index in [1.54, 1.807) is 0 Å². The van der Waals surface area contributed by atoms with Gasteiger partial charge in [0.05, 0.1) is 5.69 Å². The average Bonchev–Trinajstić information content (AvgIpc) is 2.58. The summed E-state index contributed by atoms with van der Waals surface area (Å²) >= 11 is 0. The van der Waals surface area contributed by atoms with Crippen LogP contribution in [0.4, 0.5) is 5.82 Å². The quantitative estimate of drug-likeness (QED) is 0.918. The van der Waals surface area contributed by atoms with Crippen LogP contribution in [0.2, 0.25) is 0 Å². The number of benzene rings is 1. The molecule has 1 aromatic heterocycles. The second-order valence-corrected chi connectivity index (χ2v) is 5.92. The highest BCUT2D eigenvalue weighted by Gasteiger charge is 2.10. The van der Waals surface area contributed by atoms with Crippen LogP contribution in [0.15, 0.2) is 36.4 Å². The molecule has 0 amide bonds. The fourth-order valence-corrected chi connectivity index (χ4v) is 2.97. The van der Waals surface area contributed by atoms with Crippen molar-refractivity contribution in [2.24, 2.45) is 0 Å². The molecule has 2 aromatic rings. The minimum Gasteiger partial charge on any atom is -0.367 e. The summed E-state index contributed by atoms with van der Waals surface area (Å²) in [7, 11) is 0. The van der Waals surface area contributed by atoms with Crippen LogP contribution in [0, 0.1) is 6.92 Å². The Balaban J connectivity index is 1.62. The molecule has 0 atom stereocenters. The minimum absolute atomic E-state index is 0.862. The van der Waals surface area contributed by atoms with E-state index >= 15 is 0 Å². The third kappa shape index (κ3) is 3.83. The molecule has 1 fully saturated rings. The lowest BCUT2D eigenvalue weighted by molar-refractivity contribution is 0.237. The fraction of sp³-hybridized carbons (Fsp3) is 0.444. The molecule has 4 heteroatoms. The predicted molar refractivity (Wildman–Crippen MR) is 91.0 cm³/mol. The van der Waals surface area contributed by atoms with Crippen LogP contribution in [-0.4, -0.2) is 41.3 Å². The van der Waals surface area contributed by atoms with Crippen molar-refractivity contribution in [3.8, 4) is 11.1 Å². The van der Waals surface area contributed by atoms with Crippen LogP contribution in [0.3, 0.4) is 0 Å². The van der Waals surface area contributed by atoms with Crippen molar-refractivity contribution in [1.82, 2.24) is 15.1 Å².